The van der Waals surface area contributed by atoms with E-state index >= 15 is 0 Å². The topological polar surface area (TPSA) is 57.7 Å². The Kier molecular flexibility index (Phi) is 6.44. The van der Waals surface area contributed by atoms with Gasteiger partial charge >= 0.3 is 6.03 Å². The van der Waals surface area contributed by atoms with Crippen LogP contribution in [0.1, 0.15) is 24.1 Å². The van der Waals surface area contributed by atoms with Gasteiger partial charge in [-0.05, 0) is 86.9 Å². The maximum Gasteiger partial charge on any atom is 0.321 e. The number of nitrogens with one attached hydrogen (secondary N) is 1. The van der Waals surface area contributed by atoms with Gasteiger partial charge in [-0.3, -0.25) is 9.88 Å². The Morgan fingerprint density at radius 3 is 2.53 bits per heavy atom. The van der Waals surface area contributed by atoms with Crippen molar-refractivity contribution < 1.29 is 9.53 Å². The predicted octanol–water partition coefficient (Wildman–Crippen LogP) is 5.97. The number of aromatic nitrogens is 1. The molecule has 3 aromatic rings. The molecule has 2 amide bonds. The molecule has 1 N–H and O–H groups in total. The van der Waals surface area contributed by atoms with E-state index in [9.17, 15) is 4.79 Å². The van der Waals surface area contributed by atoms with Gasteiger partial charge in [-0.15, -0.1) is 0 Å². The third-order valence-corrected chi connectivity index (χ3v) is 7.03. The fraction of sp³-hybridized carbons (Fsp3) is 0.333. The minimum absolute atomic E-state index is 0.0313. The van der Waals surface area contributed by atoms with Crippen LogP contribution >= 0.6 is 11.6 Å². The molecule has 0 unspecified atom stereocenters. The van der Waals surface area contributed by atoms with Crippen LogP contribution in [0.4, 0.5) is 10.5 Å². The number of amides is 2. The van der Waals surface area contributed by atoms with E-state index in [0.29, 0.717) is 5.02 Å². The second-order valence-electron chi connectivity index (χ2n) is 9.45. The van der Waals surface area contributed by atoms with E-state index in [2.05, 4.69) is 27.3 Å². The van der Waals surface area contributed by atoms with Gasteiger partial charge in [0.2, 0.25) is 0 Å². The van der Waals surface area contributed by atoms with Crippen LogP contribution in [-0.2, 0) is 6.54 Å². The molecule has 176 valence electrons. The maximum absolute atomic E-state index is 12.5. The van der Waals surface area contributed by atoms with Crippen LogP contribution in [0.25, 0.3) is 0 Å². The molecule has 5 rings (SSSR count). The number of piperidine rings is 1. The number of hydrogen-bond donors (Lipinski definition) is 1. The molecule has 0 bridgehead atoms. The lowest BCUT2D eigenvalue weighted by Gasteiger charge is -2.53. The number of pyridine rings is 1. The Labute approximate surface area is 205 Å². The SMILES string of the molecule is Cc1ccc(NC(=O)N2CC3(CCN(Cc4cccc(Oc5ccc(Cl)cc5)c4)CC3)C2)cn1. The molecule has 0 atom stereocenters. The van der Waals surface area contributed by atoms with Gasteiger partial charge in [-0.2, -0.15) is 0 Å². The summed E-state index contributed by atoms with van der Waals surface area (Å²) in [6.07, 6.45) is 3.93. The average molecular weight is 477 g/mol. The Morgan fingerprint density at radius 2 is 1.82 bits per heavy atom. The van der Waals surface area contributed by atoms with Gasteiger partial charge in [0.05, 0.1) is 11.9 Å². The van der Waals surface area contributed by atoms with Crippen LogP contribution in [0.5, 0.6) is 11.5 Å². The number of rotatable bonds is 5. The number of hydrogen-bond acceptors (Lipinski definition) is 4. The van der Waals surface area contributed by atoms with Crippen LogP contribution < -0.4 is 10.1 Å². The number of halogens is 1. The summed E-state index contributed by atoms with van der Waals surface area (Å²) < 4.78 is 5.98. The Bertz CT molecular complexity index is 1130. The van der Waals surface area contributed by atoms with E-state index in [1.165, 1.54) is 5.56 Å². The second-order valence-corrected chi connectivity index (χ2v) is 9.89. The number of carbonyl (C=O) groups excluding carboxylic acids is 1. The first kappa shape index (κ1) is 22.7. The molecule has 0 aliphatic carbocycles. The van der Waals surface area contributed by atoms with Crippen molar-refractivity contribution in [2.75, 3.05) is 31.5 Å². The van der Waals surface area contributed by atoms with Crippen LogP contribution in [0, 0.1) is 12.3 Å². The smallest absolute Gasteiger partial charge is 0.321 e. The number of nitrogens with zero attached hydrogens (tertiary/aromatic N) is 3. The summed E-state index contributed by atoms with van der Waals surface area (Å²) in [5, 5.41) is 3.65. The first-order valence-corrected chi connectivity index (χ1v) is 12.1. The largest absolute Gasteiger partial charge is 0.457 e. The lowest BCUT2D eigenvalue weighted by atomic mass is 9.72. The van der Waals surface area contributed by atoms with Crippen LogP contribution in [0.2, 0.25) is 5.02 Å². The zero-order chi connectivity index (χ0) is 23.5. The molecule has 7 heteroatoms. The van der Waals surface area contributed by atoms with E-state index in [0.717, 1.165) is 68.4 Å². The molecule has 0 radical (unpaired) electrons. The van der Waals surface area contributed by atoms with Gasteiger partial charge in [0.15, 0.2) is 0 Å². The van der Waals surface area contributed by atoms with Crippen molar-refractivity contribution in [3.8, 4) is 11.5 Å². The van der Waals surface area contributed by atoms with E-state index in [-0.39, 0.29) is 11.4 Å². The highest BCUT2D eigenvalue weighted by molar-refractivity contribution is 6.30. The highest BCUT2D eigenvalue weighted by atomic mass is 35.5. The van der Waals surface area contributed by atoms with E-state index < -0.39 is 0 Å². The molecule has 2 aliphatic rings. The normalized spacial score (nSPS) is 17.3. The van der Waals surface area contributed by atoms with E-state index in [1.807, 2.05) is 60.4 Å². The van der Waals surface area contributed by atoms with Crippen LogP contribution in [0.15, 0.2) is 66.9 Å². The van der Waals surface area contributed by atoms with Gasteiger partial charge in [0, 0.05) is 35.8 Å². The second kappa shape index (κ2) is 9.65. The summed E-state index contributed by atoms with van der Waals surface area (Å²) >= 11 is 5.96. The molecule has 34 heavy (non-hydrogen) atoms. The highest BCUT2D eigenvalue weighted by Crippen LogP contribution is 2.41. The molecule has 0 saturated carbocycles. The molecule has 2 saturated heterocycles. The number of anilines is 1. The van der Waals surface area contributed by atoms with Crippen molar-refractivity contribution in [2.24, 2.45) is 5.41 Å². The molecule has 6 nitrogen and oxygen atoms in total. The Morgan fingerprint density at radius 1 is 1.06 bits per heavy atom. The first-order chi connectivity index (χ1) is 16.5. The van der Waals surface area contributed by atoms with Gasteiger partial charge in [-0.1, -0.05) is 23.7 Å². The summed E-state index contributed by atoms with van der Waals surface area (Å²) in [5.41, 5.74) is 3.18. The fourth-order valence-electron chi connectivity index (χ4n) is 4.76. The summed E-state index contributed by atoms with van der Waals surface area (Å²) in [7, 11) is 0. The summed E-state index contributed by atoms with van der Waals surface area (Å²) in [6, 6.07) is 19.4. The summed E-state index contributed by atoms with van der Waals surface area (Å²) in [6.45, 7) is 6.58. The summed E-state index contributed by atoms with van der Waals surface area (Å²) in [5.74, 6) is 1.61. The standard InChI is InChI=1S/C27H29ClN4O2/c1-20-5-8-23(16-29-20)30-26(33)32-18-27(19-32)11-13-31(14-12-27)17-21-3-2-4-25(15-21)34-24-9-6-22(28)7-10-24/h2-10,15-16H,11-14,17-19H2,1H3,(H,30,33). The quantitative estimate of drug-likeness (QED) is 0.493. The number of aryl methyl sites for hydroxylation is 1. The van der Waals surface area contributed by atoms with E-state index in [4.69, 9.17) is 16.3 Å². The minimum Gasteiger partial charge on any atom is -0.457 e. The molecular formula is C27H29ClN4O2. The fourth-order valence-corrected chi connectivity index (χ4v) is 4.88. The average Bonchev–Trinajstić information content (AvgIpc) is 2.81. The third kappa shape index (κ3) is 5.34. The number of likely N-dealkylation sites (tertiary alicyclic amines) is 2. The number of carbonyl (C=O) groups is 1. The molecule has 1 spiro atoms. The molecule has 2 aromatic carbocycles. The van der Waals surface area contributed by atoms with Gasteiger partial charge in [0.1, 0.15) is 11.5 Å². The molecule has 3 heterocycles. The van der Waals surface area contributed by atoms with Crippen molar-refractivity contribution in [2.45, 2.75) is 26.3 Å². The Balaban J connectivity index is 1.09. The maximum atomic E-state index is 12.5. The van der Waals surface area contributed by atoms with Gasteiger partial charge < -0.3 is 15.0 Å². The number of urea groups is 1. The zero-order valence-electron chi connectivity index (χ0n) is 19.3. The summed E-state index contributed by atoms with van der Waals surface area (Å²) in [4.78, 5) is 21.2. The van der Waals surface area contributed by atoms with Gasteiger partial charge in [-0.25, -0.2) is 4.79 Å². The predicted molar refractivity (Wildman–Crippen MR) is 134 cm³/mol. The van der Waals surface area contributed by atoms with Crippen molar-refractivity contribution in [1.82, 2.24) is 14.8 Å². The van der Waals surface area contributed by atoms with Crippen LogP contribution in [0.3, 0.4) is 0 Å². The molecule has 1 aromatic heterocycles. The monoisotopic (exact) mass is 476 g/mol. The van der Waals surface area contributed by atoms with Crippen molar-refractivity contribution in [1.29, 1.82) is 0 Å². The van der Waals surface area contributed by atoms with Crippen LogP contribution in [-0.4, -0.2) is 47.0 Å². The third-order valence-electron chi connectivity index (χ3n) is 6.77. The van der Waals surface area contributed by atoms with E-state index in [1.54, 1.807) is 6.20 Å². The van der Waals surface area contributed by atoms with Crippen molar-refractivity contribution in [3.63, 3.8) is 0 Å². The highest BCUT2D eigenvalue weighted by Gasteiger charge is 2.46. The number of benzene rings is 2. The molecule has 2 fully saturated rings. The van der Waals surface area contributed by atoms with Crippen molar-refractivity contribution >= 4 is 23.3 Å². The number of ether oxygens (including phenoxy) is 1. The zero-order valence-corrected chi connectivity index (χ0v) is 20.1. The first-order valence-electron chi connectivity index (χ1n) is 11.7. The molecule has 2 aliphatic heterocycles. The Hall–Kier alpha value is -3.09. The van der Waals surface area contributed by atoms with Crippen molar-refractivity contribution in [3.05, 3.63) is 83.1 Å². The molecular weight excluding hydrogens is 448 g/mol. The lowest BCUT2D eigenvalue weighted by Crippen LogP contribution is -2.62. The minimum atomic E-state index is -0.0313. The van der Waals surface area contributed by atoms with Gasteiger partial charge in [0.25, 0.3) is 0 Å². The lowest BCUT2D eigenvalue weighted by molar-refractivity contribution is -0.0200.